The number of carbonyl (C=O) groups is 2. The molecule has 0 unspecified atom stereocenters. The Labute approximate surface area is 248 Å². The zero-order chi connectivity index (χ0) is 30.6. The van der Waals surface area contributed by atoms with E-state index in [9.17, 15) is 14.0 Å². The first-order valence-electron chi connectivity index (χ1n) is 12.3. The number of carbonyl (C=O) groups excluding carboxylic acids is 2. The highest BCUT2D eigenvalue weighted by molar-refractivity contribution is 7.98. The fourth-order valence-corrected chi connectivity index (χ4v) is 3.38. The fraction of sp³-hybridized carbons (Fsp3) is 0.481. The molecule has 2 aromatic rings. The number of rotatable bonds is 10. The van der Waals surface area contributed by atoms with Crippen molar-refractivity contribution in [3.63, 3.8) is 0 Å². The van der Waals surface area contributed by atoms with Gasteiger partial charge in [0.2, 0.25) is 6.41 Å². The topological polar surface area (TPSA) is 89.1 Å². The zero-order valence-electron chi connectivity index (χ0n) is 24.5. The SMILES string of the molecule is CC.CC.CNSNc1cccc(CN(C=O)Cc2cc(Cl)c(OC(=O)OC(C)(C)C)cc2OC)c1F.CS. The quantitative estimate of drug-likeness (QED) is 0.0830. The largest absolute Gasteiger partial charge is 0.514 e. The van der Waals surface area contributed by atoms with Gasteiger partial charge in [0.15, 0.2) is 11.6 Å². The van der Waals surface area contributed by atoms with E-state index < -0.39 is 17.6 Å². The first-order chi connectivity index (χ1) is 18.6. The van der Waals surface area contributed by atoms with Crippen LogP contribution in [-0.4, -0.2) is 43.5 Å². The molecule has 0 radical (unpaired) electrons. The Hall–Kier alpha value is -2.34. The summed E-state index contributed by atoms with van der Waals surface area (Å²) in [5.74, 6) is -0.0691. The molecule has 0 heterocycles. The second kappa shape index (κ2) is 21.5. The molecule has 0 aliphatic rings. The van der Waals surface area contributed by atoms with Gasteiger partial charge in [0.05, 0.1) is 17.8 Å². The van der Waals surface area contributed by atoms with Crippen LogP contribution >= 0.6 is 36.4 Å². The van der Waals surface area contributed by atoms with E-state index in [2.05, 4.69) is 22.1 Å². The molecule has 8 nitrogen and oxygen atoms in total. The third kappa shape index (κ3) is 14.6. The number of ether oxygens (including phenoxy) is 3. The maximum Gasteiger partial charge on any atom is 0.514 e. The van der Waals surface area contributed by atoms with Crippen molar-refractivity contribution in [1.82, 2.24) is 9.62 Å². The maximum atomic E-state index is 14.8. The number of nitrogens with zero attached hydrogens (tertiary/aromatic N) is 1. The van der Waals surface area contributed by atoms with Gasteiger partial charge >= 0.3 is 6.16 Å². The number of amides is 1. The molecule has 0 saturated heterocycles. The number of hydrogen-bond donors (Lipinski definition) is 3. The molecule has 0 fully saturated rings. The summed E-state index contributed by atoms with van der Waals surface area (Å²) < 4.78 is 36.1. The van der Waals surface area contributed by atoms with Crippen LogP contribution in [0, 0.1) is 5.82 Å². The number of benzene rings is 2. The van der Waals surface area contributed by atoms with Crippen LogP contribution in [0.25, 0.3) is 0 Å². The molecule has 0 aliphatic heterocycles. The normalized spacial score (nSPS) is 9.77. The van der Waals surface area contributed by atoms with Gasteiger partial charge < -0.3 is 23.8 Å². The third-order valence-corrected chi connectivity index (χ3v) is 4.98. The lowest BCUT2D eigenvalue weighted by molar-refractivity contribution is -0.119. The number of thiol groups is 1. The molecule has 0 bridgehead atoms. The van der Waals surface area contributed by atoms with Crippen LogP contribution in [0.3, 0.4) is 0 Å². The van der Waals surface area contributed by atoms with Gasteiger partial charge in [0.1, 0.15) is 11.4 Å². The van der Waals surface area contributed by atoms with Gasteiger partial charge in [-0.05, 0) is 46.2 Å². The van der Waals surface area contributed by atoms with Crippen LogP contribution in [0.5, 0.6) is 11.5 Å². The second-order valence-electron chi connectivity index (χ2n) is 7.86. The summed E-state index contributed by atoms with van der Waals surface area (Å²) in [7, 11) is 3.14. The molecule has 0 saturated carbocycles. The number of hydrogen-bond acceptors (Lipinski definition) is 9. The van der Waals surface area contributed by atoms with E-state index in [0.29, 0.717) is 29.0 Å². The lowest BCUT2D eigenvalue weighted by Crippen LogP contribution is -2.26. The van der Waals surface area contributed by atoms with Crippen LogP contribution in [0.2, 0.25) is 5.02 Å². The van der Waals surface area contributed by atoms with E-state index in [1.807, 2.05) is 27.7 Å². The minimum atomic E-state index is -0.908. The maximum absolute atomic E-state index is 14.8. The Kier molecular flexibility index (Phi) is 21.4. The van der Waals surface area contributed by atoms with E-state index in [4.69, 9.17) is 25.8 Å². The van der Waals surface area contributed by atoms with Crippen molar-refractivity contribution in [3.05, 3.63) is 52.3 Å². The standard InChI is InChI=1S/C22H27ClFN3O5S.2C2H6.CH4S/c1-22(2,3)32-21(29)31-19-10-18(30-5)15(9-16(19)23)12-27(13-28)11-14-7-6-8-17(20(14)24)26-33-25-4;3*1-2/h6-10,13,25-26H,11-12H2,1-5H3;2*1-2H3;2H,1H3. The molecule has 2 rings (SSSR count). The van der Waals surface area contributed by atoms with E-state index in [1.165, 1.54) is 24.1 Å². The molecule has 222 valence electrons. The molecule has 0 spiro atoms. The highest BCUT2D eigenvalue weighted by Gasteiger charge is 2.21. The van der Waals surface area contributed by atoms with Crippen LogP contribution in [0.4, 0.5) is 14.9 Å². The molecule has 0 aliphatic carbocycles. The van der Waals surface area contributed by atoms with Gasteiger partial charge in [-0.2, -0.15) is 12.6 Å². The fourth-order valence-electron chi connectivity index (χ4n) is 2.78. The average Bonchev–Trinajstić information content (AvgIpc) is 2.92. The van der Waals surface area contributed by atoms with Gasteiger partial charge in [0, 0.05) is 42.4 Å². The average molecular weight is 608 g/mol. The van der Waals surface area contributed by atoms with Crippen molar-refractivity contribution in [3.8, 4) is 11.5 Å². The van der Waals surface area contributed by atoms with E-state index >= 15 is 0 Å². The van der Waals surface area contributed by atoms with Crippen molar-refractivity contribution >= 4 is 54.6 Å². The predicted molar refractivity (Wildman–Crippen MR) is 164 cm³/mol. The molecular weight excluding hydrogens is 565 g/mol. The molecular formula is C27H43ClFN3O5S2. The Morgan fingerprint density at radius 3 is 2.21 bits per heavy atom. The third-order valence-electron chi connectivity index (χ3n) is 4.16. The van der Waals surface area contributed by atoms with E-state index in [0.717, 1.165) is 12.1 Å². The summed E-state index contributed by atoms with van der Waals surface area (Å²) in [6.45, 7) is 13.2. The van der Waals surface area contributed by atoms with Crippen molar-refractivity contribution in [2.24, 2.45) is 0 Å². The summed E-state index contributed by atoms with van der Waals surface area (Å²) in [4.78, 5) is 25.1. The van der Waals surface area contributed by atoms with Crippen molar-refractivity contribution in [2.45, 2.75) is 67.2 Å². The second-order valence-corrected chi connectivity index (χ2v) is 9.08. The summed E-state index contributed by atoms with van der Waals surface area (Å²) >= 11 is 10.9. The van der Waals surface area contributed by atoms with Crippen molar-refractivity contribution in [2.75, 3.05) is 25.1 Å². The van der Waals surface area contributed by atoms with Gasteiger partial charge in [-0.3, -0.25) is 4.79 Å². The van der Waals surface area contributed by atoms with Crippen LogP contribution < -0.4 is 18.9 Å². The molecule has 39 heavy (non-hydrogen) atoms. The summed E-state index contributed by atoms with van der Waals surface area (Å²) in [5, 5.41) is 0.129. The highest BCUT2D eigenvalue weighted by atomic mass is 35.5. The number of anilines is 1. The summed E-state index contributed by atoms with van der Waals surface area (Å²) in [5.41, 5.74) is 0.443. The minimum Gasteiger partial charge on any atom is -0.496 e. The Balaban J connectivity index is 0. The van der Waals surface area contributed by atoms with Crippen molar-refractivity contribution in [1.29, 1.82) is 0 Å². The minimum absolute atomic E-state index is 0.0198. The molecule has 2 N–H and O–H groups in total. The molecule has 1 amide bonds. The smallest absolute Gasteiger partial charge is 0.496 e. The van der Waals surface area contributed by atoms with Gasteiger partial charge in [-0.1, -0.05) is 51.4 Å². The Bertz CT molecular complexity index is 995. The van der Waals surface area contributed by atoms with E-state index in [1.54, 1.807) is 52.3 Å². The molecule has 0 aromatic heterocycles. The Morgan fingerprint density at radius 1 is 1.10 bits per heavy atom. The first kappa shape index (κ1) is 38.8. The van der Waals surface area contributed by atoms with Gasteiger partial charge in [0.25, 0.3) is 0 Å². The Morgan fingerprint density at radius 2 is 1.69 bits per heavy atom. The first-order valence-corrected chi connectivity index (χ1v) is 14.4. The molecule has 2 aromatic carbocycles. The lowest BCUT2D eigenvalue weighted by atomic mass is 10.1. The number of methoxy groups -OCH3 is 1. The predicted octanol–water partition coefficient (Wildman–Crippen LogP) is 7.75. The lowest BCUT2D eigenvalue weighted by Gasteiger charge is -2.21. The summed E-state index contributed by atoms with van der Waals surface area (Å²) in [6.07, 6.45) is 1.40. The zero-order valence-corrected chi connectivity index (χ0v) is 26.9. The van der Waals surface area contributed by atoms with Crippen molar-refractivity contribution < 1.29 is 28.2 Å². The monoisotopic (exact) mass is 607 g/mol. The van der Waals surface area contributed by atoms with Crippen LogP contribution in [0.15, 0.2) is 30.3 Å². The number of halogens is 2. The molecule has 0 atom stereocenters. The highest BCUT2D eigenvalue weighted by Crippen LogP contribution is 2.34. The molecule has 12 heteroatoms. The van der Waals surface area contributed by atoms with Gasteiger partial charge in [-0.15, -0.1) is 0 Å². The van der Waals surface area contributed by atoms with Crippen LogP contribution in [0.1, 0.15) is 59.6 Å². The van der Waals surface area contributed by atoms with Crippen LogP contribution in [-0.2, 0) is 22.6 Å². The van der Waals surface area contributed by atoms with E-state index in [-0.39, 0.29) is 23.9 Å². The van der Waals surface area contributed by atoms with Gasteiger partial charge in [-0.25, -0.2) is 13.9 Å². The summed E-state index contributed by atoms with van der Waals surface area (Å²) in [6, 6.07) is 7.85. The number of nitrogens with one attached hydrogen (secondary N) is 2.